The van der Waals surface area contributed by atoms with Gasteiger partial charge in [-0.1, -0.05) is 17.7 Å². The van der Waals surface area contributed by atoms with E-state index in [-0.39, 0.29) is 18.0 Å². The Labute approximate surface area is 185 Å². The molecule has 2 aromatic carbocycles. The van der Waals surface area contributed by atoms with Gasteiger partial charge in [0, 0.05) is 23.6 Å². The Bertz CT molecular complexity index is 1370. The predicted molar refractivity (Wildman–Crippen MR) is 123 cm³/mol. The van der Waals surface area contributed by atoms with Crippen LogP contribution in [0.5, 0.6) is 11.5 Å². The van der Waals surface area contributed by atoms with Crippen LogP contribution in [0.3, 0.4) is 0 Å². The summed E-state index contributed by atoms with van der Waals surface area (Å²) in [6.45, 7) is 3.83. The van der Waals surface area contributed by atoms with Crippen LogP contribution in [0.2, 0.25) is 0 Å². The van der Waals surface area contributed by atoms with Crippen molar-refractivity contribution in [1.29, 1.82) is 0 Å². The van der Waals surface area contributed by atoms with Crippen LogP contribution in [0.1, 0.15) is 11.1 Å². The summed E-state index contributed by atoms with van der Waals surface area (Å²) in [4.78, 5) is 25.5. The maximum atomic E-state index is 13.0. The molecule has 0 radical (unpaired) electrons. The highest BCUT2D eigenvalue weighted by Gasteiger charge is 2.14. The van der Waals surface area contributed by atoms with Gasteiger partial charge in [0.2, 0.25) is 5.91 Å². The summed E-state index contributed by atoms with van der Waals surface area (Å²) in [7, 11) is 3.13. The van der Waals surface area contributed by atoms with E-state index in [1.54, 1.807) is 44.8 Å². The number of benzene rings is 2. The second kappa shape index (κ2) is 8.58. The monoisotopic (exact) mass is 432 g/mol. The second-order valence-corrected chi connectivity index (χ2v) is 7.53. The number of nitrogens with zero attached hydrogens (tertiary/aromatic N) is 3. The fourth-order valence-electron chi connectivity index (χ4n) is 3.59. The molecule has 0 saturated carbocycles. The molecule has 0 atom stereocenters. The molecule has 0 spiro atoms. The summed E-state index contributed by atoms with van der Waals surface area (Å²) in [6, 6.07) is 12.9. The summed E-state index contributed by atoms with van der Waals surface area (Å²) >= 11 is 0. The quantitative estimate of drug-likeness (QED) is 0.504. The zero-order valence-corrected chi connectivity index (χ0v) is 18.4. The lowest BCUT2D eigenvalue weighted by Gasteiger charge is -2.10. The number of rotatable bonds is 6. The molecule has 2 aromatic heterocycles. The predicted octanol–water partition coefficient (Wildman–Crippen LogP) is 3.44. The van der Waals surface area contributed by atoms with Crippen LogP contribution in [0.4, 0.5) is 5.69 Å². The molecule has 0 unspecified atom stereocenters. The maximum absolute atomic E-state index is 13.0. The first-order valence-electron chi connectivity index (χ1n) is 10.1. The second-order valence-electron chi connectivity index (χ2n) is 7.53. The van der Waals surface area contributed by atoms with Crippen molar-refractivity contribution in [3.05, 3.63) is 76.3 Å². The smallest absolute Gasteiger partial charge is 0.277 e. The van der Waals surface area contributed by atoms with Crippen LogP contribution in [0.25, 0.3) is 16.8 Å². The molecule has 0 aliphatic rings. The molecule has 0 aliphatic carbocycles. The van der Waals surface area contributed by atoms with E-state index in [1.165, 1.54) is 9.08 Å². The lowest BCUT2D eigenvalue weighted by Crippen LogP contribution is -2.28. The molecule has 164 valence electrons. The van der Waals surface area contributed by atoms with Crippen LogP contribution >= 0.6 is 0 Å². The lowest BCUT2D eigenvalue weighted by atomic mass is 10.1. The number of anilines is 1. The summed E-state index contributed by atoms with van der Waals surface area (Å²) < 4.78 is 13.5. The maximum Gasteiger partial charge on any atom is 0.277 e. The number of amides is 1. The van der Waals surface area contributed by atoms with Crippen molar-refractivity contribution in [3.8, 4) is 22.8 Å². The van der Waals surface area contributed by atoms with Crippen molar-refractivity contribution in [3.63, 3.8) is 0 Å². The van der Waals surface area contributed by atoms with Crippen LogP contribution in [0.15, 0.2) is 59.7 Å². The number of hydrogen-bond acceptors (Lipinski definition) is 5. The normalized spacial score (nSPS) is 10.9. The van der Waals surface area contributed by atoms with Crippen molar-refractivity contribution >= 4 is 17.1 Å². The first-order valence-corrected chi connectivity index (χ1v) is 10.1. The highest BCUT2D eigenvalue weighted by molar-refractivity contribution is 5.91. The van der Waals surface area contributed by atoms with Gasteiger partial charge in [-0.15, -0.1) is 0 Å². The highest BCUT2D eigenvalue weighted by atomic mass is 16.5. The summed E-state index contributed by atoms with van der Waals surface area (Å²) in [5.41, 5.74) is 4.28. The van der Waals surface area contributed by atoms with Crippen molar-refractivity contribution in [1.82, 2.24) is 14.2 Å². The van der Waals surface area contributed by atoms with Crippen molar-refractivity contribution < 1.29 is 14.3 Å². The fraction of sp³-hybridized carbons (Fsp3) is 0.208. The molecule has 2 heterocycles. The molecule has 0 aliphatic heterocycles. The number of carbonyl (C=O) groups excluding carboxylic acids is 1. The molecule has 0 saturated heterocycles. The largest absolute Gasteiger partial charge is 0.493 e. The van der Waals surface area contributed by atoms with E-state index >= 15 is 0 Å². The third-order valence-corrected chi connectivity index (χ3v) is 5.25. The van der Waals surface area contributed by atoms with E-state index in [0.29, 0.717) is 22.7 Å². The zero-order valence-electron chi connectivity index (χ0n) is 18.4. The molecule has 1 N–H and O–H groups in total. The average Bonchev–Trinajstić information content (AvgIpc) is 3.22. The Morgan fingerprint density at radius 3 is 2.50 bits per heavy atom. The van der Waals surface area contributed by atoms with E-state index in [2.05, 4.69) is 10.4 Å². The standard InChI is InChI=1S/C24H24N4O4/c1-15-5-7-18(16(2)11-15)25-23(29)14-27-9-10-28-20(24(27)30)13-19(26-28)17-6-8-21(31-3)22(12-17)32-4/h5-13H,14H2,1-4H3,(H,25,29). The Kier molecular flexibility index (Phi) is 5.68. The minimum absolute atomic E-state index is 0.0977. The van der Waals surface area contributed by atoms with Gasteiger partial charge >= 0.3 is 0 Å². The number of carbonyl (C=O) groups is 1. The molecule has 8 nitrogen and oxygen atoms in total. The first-order chi connectivity index (χ1) is 15.4. The Morgan fingerprint density at radius 1 is 1.00 bits per heavy atom. The Morgan fingerprint density at radius 2 is 1.78 bits per heavy atom. The summed E-state index contributed by atoms with van der Waals surface area (Å²) in [5.74, 6) is 0.905. The Hall–Kier alpha value is -4.07. The third-order valence-electron chi connectivity index (χ3n) is 5.25. The van der Waals surface area contributed by atoms with E-state index in [1.807, 2.05) is 38.1 Å². The topological polar surface area (TPSA) is 86.9 Å². The number of nitrogens with one attached hydrogen (secondary N) is 1. The van der Waals surface area contributed by atoms with Crippen molar-refractivity contribution in [2.45, 2.75) is 20.4 Å². The SMILES string of the molecule is COc1ccc(-c2cc3c(=O)n(CC(=O)Nc4ccc(C)cc4C)ccn3n2)cc1OC. The molecule has 1 amide bonds. The zero-order chi connectivity index (χ0) is 22.8. The first kappa shape index (κ1) is 21.2. The number of ether oxygens (including phenoxy) is 2. The summed E-state index contributed by atoms with van der Waals surface area (Å²) in [6.07, 6.45) is 3.22. The van der Waals surface area contributed by atoms with Gasteiger partial charge in [0.25, 0.3) is 5.56 Å². The molecule has 4 aromatic rings. The number of hydrogen-bond donors (Lipinski definition) is 1. The van der Waals surface area contributed by atoms with E-state index in [4.69, 9.17) is 9.47 Å². The van der Waals surface area contributed by atoms with Gasteiger partial charge in [0.15, 0.2) is 11.5 Å². The van der Waals surface area contributed by atoms with Gasteiger partial charge in [0.1, 0.15) is 12.1 Å². The molecular formula is C24H24N4O4. The van der Waals surface area contributed by atoms with Gasteiger partial charge in [-0.3, -0.25) is 9.59 Å². The fourth-order valence-corrected chi connectivity index (χ4v) is 3.59. The van der Waals surface area contributed by atoms with Crippen molar-refractivity contribution in [2.24, 2.45) is 0 Å². The van der Waals surface area contributed by atoms with Gasteiger partial charge in [-0.05, 0) is 49.7 Å². The molecule has 0 bridgehead atoms. The molecule has 32 heavy (non-hydrogen) atoms. The number of fused-ring (bicyclic) bond motifs is 1. The van der Waals surface area contributed by atoms with Crippen LogP contribution in [-0.4, -0.2) is 34.3 Å². The summed E-state index contributed by atoms with van der Waals surface area (Å²) in [5, 5.41) is 7.36. The van der Waals surface area contributed by atoms with E-state index in [0.717, 1.165) is 22.4 Å². The minimum Gasteiger partial charge on any atom is -0.493 e. The van der Waals surface area contributed by atoms with Gasteiger partial charge in [0.05, 0.1) is 19.9 Å². The van der Waals surface area contributed by atoms with E-state index in [9.17, 15) is 9.59 Å². The van der Waals surface area contributed by atoms with E-state index < -0.39 is 0 Å². The third kappa shape index (κ3) is 4.07. The molecule has 0 fully saturated rings. The van der Waals surface area contributed by atoms with Crippen molar-refractivity contribution in [2.75, 3.05) is 19.5 Å². The molecular weight excluding hydrogens is 408 g/mol. The highest BCUT2D eigenvalue weighted by Crippen LogP contribution is 2.31. The van der Waals surface area contributed by atoms with Crippen LogP contribution in [-0.2, 0) is 11.3 Å². The number of aromatic nitrogens is 3. The number of methoxy groups -OCH3 is 2. The van der Waals surface area contributed by atoms with Gasteiger partial charge < -0.3 is 19.4 Å². The minimum atomic E-state index is -0.303. The van der Waals surface area contributed by atoms with Crippen LogP contribution in [0, 0.1) is 13.8 Å². The lowest BCUT2D eigenvalue weighted by molar-refractivity contribution is -0.116. The molecule has 8 heteroatoms. The average molecular weight is 432 g/mol. The van der Waals surface area contributed by atoms with Gasteiger partial charge in [-0.2, -0.15) is 5.10 Å². The van der Waals surface area contributed by atoms with Gasteiger partial charge in [-0.25, -0.2) is 4.52 Å². The van der Waals surface area contributed by atoms with Crippen LogP contribution < -0.4 is 20.3 Å². The molecule has 4 rings (SSSR count). The Balaban J connectivity index is 1.61. The number of aryl methyl sites for hydroxylation is 2.